The van der Waals surface area contributed by atoms with Crippen LogP contribution >= 0.6 is 0 Å². The highest BCUT2D eigenvalue weighted by Crippen LogP contribution is 2.22. The number of allylic oxidation sites excluding steroid dienone is 1. The predicted molar refractivity (Wildman–Crippen MR) is 49.8 cm³/mol. The van der Waals surface area contributed by atoms with Crippen molar-refractivity contribution in [2.24, 2.45) is 0 Å². The minimum Gasteiger partial charge on any atom is -0.174 e. The molecule has 0 N–H and O–H groups in total. The Balaban J connectivity index is 2.85. The molecule has 1 aromatic rings. The third kappa shape index (κ3) is 2.98. The Morgan fingerprint density at radius 2 is 1.92 bits per heavy atom. The fraction of sp³-hybridized carbons (Fsp3) is 0.273. The molecule has 2 heteroatoms. The topological polar surface area (TPSA) is 0 Å². The lowest BCUT2D eigenvalue weighted by Crippen LogP contribution is -1.92. The van der Waals surface area contributed by atoms with Crippen molar-refractivity contribution in [3.63, 3.8) is 0 Å². The second-order valence-corrected chi connectivity index (χ2v) is 2.88. The molecule has 1 unspecified atom stereocenters. The number of benzene rings is 1. The molecule has 0 nitrogen and oxygen atoms in total. The number of hydrogen-bond acceptors (Lipinski definition) is 0. The van der Waals surface area contributed by atoms with E-state index in [-0.39, 0.29) is 5.92 Å². The van der Waals surface area contributed by atoms with Gasteiger partial charge in [0.2, 0.25) is 0 Å². The Hall–Kier alpha value is -1.18. The van der Waals surface area contributed by atoms with Crippen LogP contribution in [-0.2, 0) is 0 Å². The molecule has 0 saturated carbocycles. The zero-order chi connectivity index (χ0) is 9.68. The molecule has 1 rings (SSSR count). The molecule has 13 heavy (non-hydrogen) atoms. The lowest BCUT2D eigenvalue weighted by molar-refractivity contribution is 0.414. The number of hydrogen-bond donors (Lipinski definition) is 0. The minimum absolute atomic E-state index is 0.161. The van der Waals surface area contributed by atoms with Crippen molar-refractivity contribution >= 4 is 0 Å². The smallest absolute Gasteiger partial charge is 0.174 e. The van der Waals surface area contributed by atoms with E-state index < -0.39 is 6.08 Å². The Morgan fingerprint density at radius 3 is 2.38 bits per heavy atom. The predicted octanol–water partition coefficient (Wildman–Crippen LogP) is 3.96. The summed E-state index contributed by atoms with van der Waals surface area (Å²) >= 11 is 0. The van der Waals surface area contributed by atoms with Gasteiger partial charge in [0.05, 0.1) is 0 Å². The van der Waals surface area contributed by atoms with E-state index in [9.17, 15) is 8.78 Å². The fourth-order valence-electron chi connectivity index (χ4n) is 1.30. The van der Waals surface area contributed by atoms with Crippen LogP contribution in [0.2, 0.25) is 0 Å². The summed E-state index contributed by atoms with van der Waals surface area (Å²) in [7, 11) is 0. The summed E-state index contributed by atoms with van der Waals surface area (Å²) < 4.78 is 24.0. The van der Waals surface area contributed by atoms with E-state index in [4.69, 9.17) is 0 Å². The third-order valence-corrected chi connectivity index (χ3v) is 1.99. The SMILES string of the molecule is CCC(C=C(F)F)c1ccccc1. The van der Waals surface area contributed by atoms with Gasteiger partial charge in [-0.25, -0.2) is 0 Å². The molecule has 0 fully saturated rings. The maximum Gasteiger partial charge on any atom is 0.266 e. The highest BCUT2D eigenvalue weighted by molar-refractivity contribution is 5.23. The number of rotatable bonds is 3. The molecule has 0 aromatic heterocycles. The molecule has 0 saturated heterocycles. The molecular weight excluding hydrogens is 170 g/mol. The van der Waals surface area contributed by atoms with Gasteiger partial charge in [-0.05, 0) is 18.1 Å². The van der Waals surface area contributed by atoms with Crippen LogP contribution in [0, 0.1) is 0 Å². The average molecular weight is 182 g/mol. The zero-order valence-corrected chi connectivity index (χ0v) is 7.50. The van der Waals surface area contributed by atoms with Gasteiger partial charge in [-0.15, -0.1) is 0 Å². The van der Waals surface area contributed by atoms with Crippen LogP contribution in [0.5, 0.6) is 0 Å². The minimum atomic E-state index is -1.60. The van der Waals surface area contributed by atoms with Gasteiger partial charge in [-0.3, -0.25) is 0 Å². The Morgan fingerprint density at radius 1 is 1.31 bits per heavy atom. The van der Waals surface area contributed by atoms with E-state index in [0.29, 0.717) is 6.42 Å². The zero-order valence-electron chi connectivity index (χ0n) is 7.50. The van der Waals surface area contributed by atoms with Gasteiger partial charge >= 0.3 is 0 Å². The first-order chi connectivity index (χ1) is 6.24. The Labute approximate surface area is 76.9 Å². The van der Waals surface area contributed by atoms with Crippen molar-refractivity contribution in [3.05, 3.63) is 48.1 Å². The van der Waals surface area contributed by atoms with Gasteiger partial charge in [0.25, 0.3) is 6.08 Å². The summed E-state index contributed by atoms with van der Waals surface area (Å²) in [5.41, 5.74) is 0.942. The van der Waals surface area contributed by atoms with Gasteiger partial charge in [0.15, 0.2) is 0 Å². The molecule has 1 atom stereocenters. The van der Waals surface area contributed by atoms with Gasteiger partial charge in [-0.2, -0.15) is 8.78 Å². The molecule has 0 amide bonds. The van der Waals surface area contributed by atoms with Crippen LogP contribution in [0.3, 0.4) is 0 Å². The second kappa shape index (κ2) is 4.75. The van der Waals surface area contributed by atoms with Gasteiger partial charge in [-0.1, -0.05) is 37.3 Å². The molecule has 0 bridgehead atoms. The average Bonchev–Trinajstić information content (AvgIpc) is 2.15. The normalized spacial score (nSPS) is 12.2. The summed E-state index contributed by atoms with van der Waals surface area (Å²) in [6.45, 7) is 1.90. The van der Waals surface area contributed by atoms with E-state index in [0.717, 1.165) is 11.6 Å². The number of halogens is 2. The Bertz CT molecular complexity index is 273. The molecule has 70 valence electrons. The molecular formula is C11H12F2. The van der Waals surface area contributed by atoms with Crippen molar-refractivity contribution < 1.29 is 8.78 Å². The molecule has 1 aromatic carbocycles. The second-order valence-electron chi connectivity index (χ2n) is 2.88. The first-order valence-electron chi connectivity index (χ1n) is 4.31. The van der Waals surface area contributed by atoms with Crippen LogP contribution in [0.4, 0.5) is 8.78 Å². The van der Waals surface area contributed by atoms with Crippen molar-refractivity contribution in [3.8, 4) is 0 Å². The highest BCUT2D eigenvalue weighted by atomic mass is 19.3. The largest absolute Gasteiger partial charge is 0.266 e. The summed E-state index contributed by atoms with van der Waals surface area (Å²) in [5, 5.41) is 0. The quantitative estimate of drug-likeness (QED) is 0.663. The maximum atomic E-state index is 12.0. The fourth-order valence-corrected chi connectivity index (χ4v) is 1.30. The maximum absolute atomic E-state index is 12.0. The van der Waals surface area contributed by atoms with Gasteiger partial charge in [0, 0.05) is 5.92 Å². The Kier molecular flexibility index (Phi) is 3.62. The lowest BCUT2D eigenvalue weighted by atomic mass is 9.97. The van der Waals surface area contributed by atoms with E-state index in [2.05, 4.69) is 0 Å². The van der Waals surface area contributed by atoms with Crippen LogP contribution < -0.4 is 0 Å². The molecule has 0 aliphatic carbocycles. The first-order valence-corrected chi connectivity index (χ1v) is 4.31. The standard InChI is InChI=1S/C11H12F2/c1-2-9(8-11(12)13)10-6-4-3-5-7-10/h3-9H,2H2,1H3. The van der Waals surface area contributed by atoms with Crippen LogP contribution in [0.25, 0.3) is 0 Å². The van der Waals surface area contributed by atoms with E-state index >= 15 is 0 Å². The molecule has 0 aliphatic rings. The van der Waals surface area contributed by atoms with E-state index in [1.165, 1.54) is 0 Å². The molecule has 0 radical (unpaired) electrons. The van der Waals surface area contributed by atoms with Crippen molar-refractivity contribution in [2.45, 2.75) is 19.3 Å². The summed E-state index contributed by atoms with van der Waals surface area (Å²) in [6.07, 6.45) is 0.104. The van der Waals surface area contributed by atoms with Gasteiger partial charge in [0.1, 0.15) is 0 Å². The van der Waals surface area contributed by atoms with Crippen molar-refractivity contribution in [1.29, 1.82) is 0 Å². The van der Waals surface area contributed by atoms with Crippen LogP contribution in [0.15, 0.2) is 42.5 Å². The first kappa shape index (κ1) is 9.90. The summed E-state index contributed by atoms with van der Waals surface area (Å²) in [4.78, 5) is 0. The third-order valence-electron chi connectivity index (χ3n) is 1.99. The van der Waals surface area contributed by atoms with Gasteiger partial charge < -0.3 is 0 Å². The van der Waals surface area contributed by atoms with E-state index in [1.54, 1.807) is 0 Å². The molecule has 0 heterocycles. The van der Waals surface area contributed by atoms with Crippen molar-refractivity contribution in [2.75, 3.05) is 0 Å². The summed E-state index contributed by atoms with van der Waals surface area (Å²) in [6, 6.07) is 9.34. The van der Waals surface area contributed by atoms with Crippen LogP contribution in [0.1, 0.15) is 24.8 Å². The highest BCUT2D eigenvalue weighted by Gasteiger charge is 2.06. The lowest BCUT2D eigenvalue weighted by Gasteiger charge is -2.08. The molecule has 0 aliphatic heterocycles. The monoisotopic (exact) mass is 182 g/mol. The van der Waals surface area contributed by atoms with E-state index in [1.807, 2.05) is 37.3 Å². The van der Waals surface area contributed by atoms with Crippen molar-refractivity contribution in [1.82, 2.24) is 0 Å². The van der Waals surface area contributed by atoms with Crippen LogP contribution in [-0.4, -0.2) is 0 Å². The molecule has 0 spiro atoms. The summed E-state index contributed by atoms with van der Waals surface area (Å²) in [5.74, 6) is -0.161.